The first-order valence-corrected chi connectivity index (χ1v) is 13.6. The number of aryl methyl sites for hydroxylation is 2. The molecule has 35 heavy (non-hydrogen) atoms. The Morgan fingerprint density at radius 1 is 0.943 bits per heavy atom. The molecule has 0 aliphatic heterocycles. The van der Waals surface area contributed by atoms with Crippen molar-refractivity contribution in [2.75, 3.05) is 19.0 Å². The second kappa shape index (κ2) is 18.3. The standard InChI is InChI=1S/C22H28NPS.C5H11N.2C2H6/c1-7-21(18-9-8-15(4)20(13-18)14(2)3)23(17(6)25)19-10-11-22(24)16(5)12-19;1-5(2)6(3)4;2*1-2/h7-14,25H,6,24H2,1-5H3;1H2,2-4H3;2*1-2H3/b21-7-;;;. The van der Waals surface area contributed by atoms with Crippen molar-refractivity contribution in [1.29, 1.82) is 0 Å². The molecular formula is C31H51N2PS. The van der Waals surface area contributed by atoms with Gasteiger partial charge < -0.3 is 9.80 Å². The predicted octanol–water partition coefficient (Wildman–Crippen LogP) is 9.33. The van der Waals surface area contributed by atoms with Crippen molar-refractivity contribution in [2.24, 2.45) is 0 Å². The molecule has 0 saturated carbocycles. The average molecular weight is 515 g/mol. The van der Waals surface area contributed by atoms with E-state index in [9.17, 15) is 0 Å². The van der Waals surface area contributed by atoms with E-state index in [2.05, 4.69) is 117 Å². The summed E-state index contributed by atoms with van der Waals surface area (Å²) in [6.45, 7) is 28.6. The first kappa shape index (κ1) is 35.2. The smallest absolute Gasteiger partial charge is 0.0694 e. The third kappa shape index (κ3) is 11.5. The van der Waals surface area contributed by atoms with Gasteiger partial charge in [-0.25, -0.2) is 0 Å². The molecule has 2 aromatic rings. The maximum Gasteiger partial charge on any atom is 0.0694 e. The van der Waals surface area contributed by atoms with Crippen molar-refractivity contribution in [2.45, 2.75) is 75.2 Å². The van der Waals surface area contributed by atoms with E-state index in [-0.39, 0.29) is 0 Å². The molecule has 0 aliphatic carbocycles. The van der Waals surface area contributed by atoms with E-state index in [1.165, 1.54) is 27.6 Å². The van der Waals surface area contributed by atoms with Gasteiger partial charge in [-0.05, 0) is 79.4 Å². The summed E-state index contributed by atoms with van der Waals surface area (Å²) in [5.74, 6) is 0.490. The molecule has 0 aliphatic rings. The zero-order chi connectivity index (χ0) is 27.9. The molecular weight excluding hydrogens is 463 g/mol. The SMILES string of the molecule is C=C(C)N(C)C.C=C(S)N(/C(=C\C)c1ccc(C)c(C(C)C)c1)c1ccc(P)c(C)c1.CC.CC. The molecule has 0 bridgehead atoms. The van der Waals surface area contributed by atoms with E-state index in [4.69, 9.17) is 0 Å². The summed E-state index contributed by atoms with van der Waals surface area (Å²) in [5.41, 5.74) is 8.37. The minimum atomic E-state index is 0.490. The van der Waals surface area contributed by atoms with Crippen molar-refractivity contribution in [3.8, 4) is 0 Å². The fraction of sp³-hybridized carbons (Fsp3) is 0.419. The first-order valence-electron chi connectivity index (χ1n) is 12.5. The first-order chi connectivity index (χ1) is 16.4. The summed E-state index contributed by atoms with van der Waals surface area (Å²) in [6, 6.07) is 13.1. The number of benzene rings is 2. The van der Waals surface area contributed by atoms with E-state index >= 15 is 0 Å². The van der Waals surface area contributed by atoms with Crippen molar-refractivity contribution >= 4 is 38.6 Å². The van der Waals surface area contributed by atoms with Crippen LogP contribution in [0, 0.1) is 13.8 Å². The number of anilines is 1. The topological polar surface area (TPSA) is 6.48 Å². The maximum atomic E-state index is 4.58. The van der Waals surface area contributed by atoms with Crippen molar-refractivity contribution in [3.05, 3.63) is 88.6 Å². The van der Waals surface area contributed by atoms with Gasteiger partial charge in [-0.15, -0.1) is 21.9 Å². The van der Waals surface area contributed by atoms with Gasteiger partial charge in [0.15, 0.2) is 0 Å². The molecule has 0 spiro atoms. The molecule has 1 unspecified atom stereocenters. The lowest BCUT2D eigenvalue weighted by atomic mass is 9.94. The average Bonchev–Trinajstić information content (AvgIpc) is 2.82. The lowest BCUT2D eigenvalue weighted by Gasteiger charge is -2.28. The van der Waals surface area contributed by atoms with E-state index in [0.29, 0.717) is 10.9 Å². The molecule has 1 atom stereocenters. The summed E-state index contributed by atoms with van der Waals surface area (Å²) in [7, 11) is 6.72. The number of thiol groups is 1. The Morgan fingerprint density at radius 2 is 1.46 bits per heavy atom. The minimum Gasteiger partial charge on any atom is -0.382 e. The third-order valence-corrected chi connectivity index (χ3v) is 6.09. The number of rotatable bonds is 6. The van der Waals surface area contributed by atoms with Crippen molar-refractivity contribution in [1.82, 2.24) is 4.90 Å². The molecule has 0 aromatic heterocycles. The van der Waals surface area contributed by atoms with Crippen LogP contribution in [0.3, 0.4) is 0 Å². The molecule has 2 nitrogen and oxygen atoms in total. The molecule has 2 rings (SSSR count). The summed E-state index contributed by atoms with van der Waals surface area (Å²) in [5, 5.41) is 1.91. The highest BCUT2D eigenvalue weighted by atomic mass is 32.1. The molecule has 0 heterocycles. The summed E-state index contributed by atoms with van der Waals surface area (Å²) >= 11 is 4.58. The number of hydrogen-bond donors (Lipinski definition) is 1. The number of nitrogens with zero attached hydrogens (tertiary/aromatic N) is 2. The fourth-order valence-electron chi connectivity index (χ4n) is 3.07. The zero-order valence-corrected chi connectivity index (χ0v) is 26.5. The Morgan fingerprint density at radius 3 is 1.83 bits per heavy atom. The second-order valence-electron chi connectivity index (χ2n) is 8.32. The monoisotopic (exact) mass is 514 g/mol. The van der Waals surface area contributed by atoms with Crippen LogP contribution in [0.2, 0.25) is 0 Å². The highest BCUT2D eigenvalue weighted by molar-refractivity contribution is 7.84. The van der Waals surface area contributed by atoms with Gasteiger partial charge in [0.2, 0.25) is 0 Å². The second-order valence-corrected chi connectivity index (χ2v) is 9.46. The van der Waals surface area contributed by atoms with Crippen LogP contribution in [0.15, 0.2) is 66.4 Å². The van der Waals surface area contributed by atoms with Crippen LogP contribution in [-0.4, -0.2) is 19.0 Å². The van der Waals surface area contributed by atoms with E-state index < -0.39 is 0 Å². The zero-order valence-electron chi connectivity index (χ0n) is 24.5. The number of allylic oxidation sites excluding steroid dienone is 2. The Balaban J connectivity index is 0. The van der Waals surface area contributed by atoms with Crippen LogP contribution in [-0.2, 0) is 0 Å². The van der Waals surface area contributed by atoms with Gasteiger partial charge in [0.05, 0.1) is 5.03 Å². The molecule has 0 saturated heterocycles. The van der Waals surface area contributed by atoms with E-state index in [0.717, 1.165) is 17.1 Å². The van der Waals surface area contributed by atoms with Crippen LogP contribution >= 0.6 is 21.9 Å². The van der Waals surface area contributed by atoms with Crippen LogP contribution in [0.25, 0.3) is 5.70 Å². The third-order valence-electron chi connectivity index (χ3n) is 5.24. The van der Waals surface area contributed by atoms with Crippen molar-refractivity contribution in [3.63, 3.8) is 0 Å². The van der Waals surface area contributed by atoms with Crippen LogP contribution in [0.5, 0.6) is 0 Å². The van der Waals surface area contributed by atoms with Gasteiger partial charge in [-0.3, -0.25) is 0 Å². The Labute approximate surface area is 225 Å². The van der Waals surface area contributed by atoms with Gasteiger partial charge in [-0.2, -0.15) is 0 Å². The minimum absolute atomic E-state index is 0.490. The van der Waals surface area contributed by atoms with Crippen LogP contribution < -0.4 is 10.2 Å². The molecule has 4 heteroatoms. The van der Waals surface area contributed by atoms with Crippen LogP contribution in [0.1, 0.15) is 83.6 Å². The van der Waals surface area contributed by atoms with Gasteiger partial charge >= 0.3 is 0 Å². The predicted molar refractivity (Wildman–Crippen MR) is 171 cm³/mol. The van der Waals surface area contributed by atoms with Gasteiger partial charge in [0.25, 0.3) is 0 Å². The Bertz CT molecular complexity index is 958. The van der Waals surface area contributed by atoms with Gasteiger partial charge in [0.1, 0.15) is 0 Å². The molecule has 2 aromatic carbocycles. The summed E-state index contributed by atoms with van der Waals surface area (Å²) in [6.07, 6.45) is 2.13. The number of hydrogen-bond acceptors (Lipinski definition) is 3. The molecule has 0 fully saturated rings. The largest absolute Gasteiger partial charge is 0.382 e. The van der Waals surface area contributed by atoms with E-state index in [1.54, 1.807) is 0 Å². The highest BCUT2D eigenvalue weighted by Crippen LogP contribution is 2.33. The Hall–Kier alpha value is -1.96. The van der Waals surface area contributed by atoms with Crippen molar-refractivity contribution < 1.29 is 0 Å². The normalized spacial score (nSPS) is 10.1. The Kier molecular flexibility index (Phi) is 18.4. The molecule has 196 valence electrons. The highest BCUT2D eigenvalue weighted by Gasteiger charge is 2.17. The molecule has 0 N–H and O–H groups in total. The van der Waals surface area contributed by atoms with Gasteiger partial charge in [-0.1, -0.05) is 79.0 Å². The van der Waals surface area contributed by atoms with E-state index in [1.807, 2.05) is 53.6 Å². The summed E-state index contributed by atoms with van der Waals surface area (Å²) < 4.78 is 0. The van der Waals surface area contributed by atoms with Crippen LogP contribution in [0.4, 0.5) is 5.69 Å². The quantitative estimate of drug-likeness (QED) is 0.303. The lowest BCUT2D eigenvalue weighted by molar-refractivity contribution is 0.516. The fourth-order valence-corrected chi connectivity index (χ4v) is 3.48. The molecule has 0 radical (unpaired) electrons. The van der Waals surface area contributed by atoms with Gasteiger partial charge in [0, 0.05) is 31.2 Å². The molecule has 0 amide bonds. The lowest BCUT2D eigenvalue weighted by Crippen LogP contribution is -2.18. The summed E-state index contributed by atoms with van der Waals surface area (Å²) in [4.78, 5) is 4.08. The maximum absolute atomic E-state index is 4.58.